The number of hydrogen-bond acceptors (Lipinski definition) is 3. The Morgan fingerprint density at radius 2 is 1.48 bits per heavy atom. The zero-order valence-corrected chi connectivity index (χ0v) is 19.1. The first kappa shape index (κ1) is 22.8. The summed E-state index contributed by atoms with van der Waals surface area (Å²) in [7, 11) is 0. The van der Waals surface area contributed by atoms with Crippen molar-refractivity contribution in [2.75, 3.05) is 6.54 Å². The Hall–Kier alpha value is -2.92. The maximum absolute atomic E-state index is 13.4. The fourth-order valence-electron chi connectivity index (χ4n) is 3.45. The molecule has 0 saturated carbocycles. The number of thiophene rings is 1. The second-order valence-electron chi connectivity index (χ2n) is 7.76. The third-order valence-corrected chi connectivity index (χ3v) is 6.30. The third-order valence-electron chi connectivity index (χ3n) is 5.44. The van der Waals surface area contributed by atoms with Gasteiger partial charge in [0.05, 0.1) is 13.0 Å². The van der Waals surface area contributed by atoms with Gasteiger partial charge in [-0.25, -0.2) is 0 Å². The predicted molar refractivity (Wildman–Crippen MR) is 127 cm³/mol. The van der Waals surface area contributed by atoms with E-state index in [9.17, 15) is 9.59 Å². The van der Waals surface area contributed by atoms with E-state index in [0.717, 1.165) is 22.4 Å². The minimum atomic E-state index is -0.0287. The second kappa shape index (κ2) is 11.5. The molecule has 3 rings (SSSR count). The van der Waals surface area contributed by atoms with Crippen LogP contribution in [0.2, 0.25) is 0 Å². The molecule has 0 N–H and O–H groups in total. The summed E-state index contributed by atoms with van der Waals surface area (Å²) in [5.74, 6) is -0.0383. The van der Waals surface area contributed by atoms with Gasteiger partial charge in [0.1, 0.15) is 6.54 Å². The molecule has 0 aliphatic heterocycles. The standard InChI is InChI=1S/C26H30N2O2S/c1-3-21(2)28(25(29)17-22-11-6-4-7-12-22)20-26(30)27(19-24-15-10-16-31-24)18-23-13-8-5-9-14-23/h4-16,21H,3,17-20H2,1-2H3. The van der Waals surface area contributed by atoms with Crippen LogP contribution in [0.1, 0.15) is 36.3 Å². The SMILES string of the molecule is CCC(C)N(CC(=O)N(Cc1ccccc1)Cc1cccs1)C(=O)Cc1ccccc1. The van der Waals surface area contributed by atoms with Crippen molar-refractivity contribution in [3.8, 4) is 0 Å². The highest BCUT2D eigenvalue weighted by atomic mass is 32.1. The normalized spacial score (nSPS) is 11.7. The molecule has 0 aliphatic rings. The minimum Gasteiger partial charge on any atom is -0.332 e. The van der Waals surface area contributed by atoms with Crippen LogP contribution in [0.4, 0.5) is 0 Å². The van der Waals surface area contributed by atoms with Crippen LogP contribution >= 0.6 is 11.3 Å². The maximum Gasteiger partial charge on any atom is 0.242 e. The summed E-state index contributed by atoms with van der Waals surface area (Å²) in [5, 5.41) is 2.02. The van der Waals surface area contributed by atoms with Crippen molar-refractivity contribution in [3.63, 3.8) is 0 Å². The van der Waals surface area contributed by atoms with Crippen molar-refractivity contribution in [2.45, 2.75) is 45.8 Å². The van der Waals surface area contributed by atoms with Gasteiger partial charge in [-0.3, -0.25) is 9.59 Å². The van der Waals surface area contributed by atoms with Gasteiger partial charge in [-0.15, -0.1) is 11.3 Å². The average molecular weight is 435 g/mol. The summed E-state index contributed by atoms with van der Waals surface area (Å²) < 4.78 is 0. The van der Waals surface area contributed by atoms with E-state index in [1.165, 1.54) is 0 Å². The van der Waals surface area contributed by atoms with Crippen molar-refractivity contribution >= 4 is 23.2 Å². The summed E-state index contributed by atoms with van der Waals surface area (Å²) in [4.78, 5) is 31.2. The van der Waals surface area contributed by atoms with Crippen LogP contribution in [0, 0.1) is 0 Å². The van der Waals surface area contributed by atoms with E-state index in [1.54, 1.807) is 16.2 Å². The van der Waals surface area contributed by atoms with Crippen molar-refractivity contribution in [2.24, 2.45) is 0 Å². The van der Waals surface area contributed by atoms with Crippen molar-refractivity contribution in [1.82, 2.24) is 9.80 Å². The Morgan fingerprint density at radius 3 is 2.06 bits per heavy atom. The number of rotatable bonds is 10. The summed E-state index contributed by atoms with van der Waals surface area (Å²) in [6.45, 7) is 5.23. The number of nitrogens with zero attached hydrogens (tertiary/aromatic N) is 2. The van der Waals surface area contributed by atoms with Gasteiger partial charge in [0, 0.05) is 17.5 Å². The molecule has 1 heterocycles. The lowest BCUT2D eigenvalue weighted by Gasteiger charge is -2.31. The van der Waals surface area contributed by atoms with Crippen LogP contribution in [0.5, 0.6) is 0 Å². The second-order valence-corrected chi connectivity index (χ2v) is 8.79. The maximum atomic E-state index is 13.4. The topological polar surface area (TPSA) is 40.6 Å². The molecule has 1 unspecified atom stereocenters. The molecule has 1 atom stereocenters. The van der Waals surface area contributed by atoms with E-state index in [2.05, 4.69) is 0 Å². The Bertz CT molecular complexity index is 942. The molecule has 0 fully saturated rings. The molecule has 2 amide bonds. The van der Waals surface area contributed by atoms with Crippen LogP contribution in [-0.2, 0) is 29.1 Å². The molecular weight excluding hydrogens is 404 g/mol. The van der Waals surface area contributed by atoms with Crippen LogP contribution in [-0.4, -0.2) is 34.2 Å². The van der Waals surface area contributed by atoms with E-state index in [1.807, 2.05) is 96.9 Å². The molecule has 31 heavy (non-hydrogen) atoms. The summed E-state index contributed by atoms with van der Waals surface area (Å²) in [6, 6.07) is 23.8. The molecule has 0 bridgehead atoms. The fourth-order valence-corrected chi connectivity index (χ4v) is 4.17. The highest BCUT2D eigenvalue weighted by Crippen LogP contribution is 2.16. The molecular formula is C26H30N2O2S. The van der Waals surface area contributed by atoms with Gasteiger partial charge in [0.15, 0.2) is 0 Å². The lowest BCUT2D eigenvalue weighted by atomic mass is 10.1. The van der Waals surface area contributed by atoms with Gasteiger partial charge >= 0.3 is 0 Å². The molecule has 162 valence electrons. The highest BCUT2D eigenvalue weighted by molar-refractivity contribution is 7.09. The lowest BCUT2D eigenvalue weighted by Crippen LogP contribution is -2.46. The molecule has 0 spiro atoms. The van der Waals surface area contributed by atoms with Crippen LogP contribution in [0.25, 0.3) is 0 Å². The Balaban J connectivity index is 1.75. The van der Waals surface area contributed by atoms with Crippen molar-refractivity contribution < 1.29 is 9.59 Å². The number of carbonyl (C=O) groups excluding carboxylic acids is 2. The van der Waals surface area contributed by atoms with Gasteiger partial charge < -0.3 is 9.80 Å². The summed E-state index contributed by atoms with van der Waals surface area (Å²) in [5.41, 5.74) is 2.05. The number of amides is 2. The van der Waals surface area contributed by atoms with E-state index < -0.39 is 0 Å². The Kier molecular flexibility index (Phi) is 8.42. The first-order chi connectivity index (χ1) is 15.1. The van der Waals surface area contributed by atoms with Crippen molar-refractivity contribution in [3.05, 3.63) is 94.2 Å². The Labute approximate surface area is 189 Å². The molecule has 5 heteroatoms. The van der Waals surface area contributed by atoms with Crippen molar-refractivity contribution in [1.29, 1.82) is 0 Å². The molecule has 4 nitrogen and oxygen atoms in total. The number of carbonyl (C=O) groups is 2. The predicted octanol–water partition coefficient (Wildman–Crippen LogP) is 5.15. The van der Waals surface area contributed by atoms with Crippen LogP contribution in [0.15, 0.2) is 78.2 Å². The molecule has 0 radical (unpaired) electrons. The average Bonchev–Trinajstić information content (AvgIpc) is 3.31. The Morgan fingerprint density at radius 1 is 0.839 bits per heavy atom. The molecule has 1 aromatic heterocycles. The smallest absolute Gasteiger partial charge is 0.242 e. The van der Waals surface area contributed by atoms with Gasteiger partial charge in [-0.1, -0.05) is 73.7 Å². The summed E-state index contributed by atoms with van der Waals surface area (Å²) in [6.07, 6.45) is 1.11. The first-order valence-corrected chi connectivity index (χ1v) is 11.6. The molecule has 0 saturated heterocycles. The zero-order valence-electron chi connectivity index (χ0n) is 18.2. The van der Waals surface area contributed by atoms with Gasteiger partial charge in [-0.2, -0.15) is 0 Å². The number of benzene rings is 2. The lowest BCUT2D eigenvalue weighted by molar-refractivity contribution is -0.142. The van der Waals surface area contributed by atoms with Gasteiger partial charge in [0.25, 0.3) is 0 Å². The zero-order chi connectivity index (χ0) is 22.1. The first-order valence-electron chi connectivity index (χ1n) is 10.7. The van der Waals surface area contributed by atoms with E-state index >= 15 is 0 Å². The number of hydrogen-bond donors (Lipinski definition) is 0. The minimum absolute atomic E-state index is 0.000440. The largest absolute Gasteiger partial charge is 0.332 e. The summed E-state index contributed by atoms with van der Waals surface area (Å²) >= 11 is 1.64. The molecule has 0 aliphatic carbocycles. The van der Waals surface area contributed by atoms with Crippen LogP contribution in [0.3, 0.4) is 0 Å². The van der Waals surface area contributed by atoms with Gasteiger partial charge in [0.2, 0.25) is 11.8 Å². The van der Waals surface area contributed by atoms with Gasteiger partial charge in [-0.05, 0) is 35.9 Å². The molecule has 3 aromatic rings. The highest BCUT2D eigenvalue weighted by Gasteiger charge is 2.25. The van der Waals surface area contributed by atoms with E-state index in [4.69, 9.17) is 0 Å². The quantitative estimate of drug-likeness (QED) is 0.443. The fraction of sp³-hybridized carbons (Fsp3) is 0.308. The monoisotopic (exact) mass is 434 g/mol. The third kappa shape index (κ3) is 6.79. The molecule has 2 aromatic carbocycles. The van der Waals surface area contributed by atoms with E-state index in [0.29, 0.717) is 19.5 Å². The van der Waals surface area contributed by atoms with Crippen LogP contribution < -0.4 is 0 Å². The van der Waals surface area contributed by atoms with E-state index in [-0.39, 0.29) is 24.4 Å².